The number of halogens is 3. The third-order valence-corrected chi connectivity index (χ3v) is 6.97. The fourth-order valence-electron chi connectivity index (χ4n) is 3.37. The molecule has 0 saturated carbocycles. The van der Waals surface area contributed by atoms with Crippen LogP contribution in [-0.4, -0.2) is 32.7 Å². The van der Waals surface area contributed by atoms with Crippen LogP contribution in [-0.2, 0) is 24.1 Å². The summed E-state index contributed by atoms with van der Waals surface area (Å²) < 4.78 is 60.3. The first-order valence-electron chi connectivity index (χ1n) is 9.25. The van der Waals surface area contributed by atoms with Gasteiger partial charge in [0, 0.05) is 25.7 Å². The van der Waals surface area contributed by atoms with Gasteiger partial charge in [0.1, 0.15) is 16.4 Å². The molecule has 1 aromatic carbocycles. The van der Waals surface area contributed by atoms with Gasteiger partial charge < -0.3 is 5.73 Å². The van der Waals surface area contributed by atoms with Crippen molar-refractivity contribution < 1.29 is 17.2 Å². The lowest BCUT2D eigenvalue weighted by Crippen LogP contribution is -2.21. The second-order valence-corrected chi connectivity index (χ2v) is 9.12. The van der Waals surface area contributed by atoms with Crippen molar-refractivity contribution in [1.29, 1.82) is 0 Å². The second kappa shape index (κ2) is 7.78. The van der Waals surface area contributed by atoms with Crippen molar-refractivity contribution in [2.45, 2.75) is 11.8 Å². The number of aryl methyl sites for hydroxylation is 2. The molecule has 4 aromatic rings. The SMILES string of the molecule is Cc1c(S(=O)(=O)Nc2ccc(F)c(-c3cc4cnc(N)nc4n(C)c3=O)c2F)c(Cl)nn1C. The molecular weight excluding hydrogens is 480 g/mol. The van der Waals surface area contributed by atoms with Crippen LogP contribution in [0.5, 0.6) is 0 Å². The van der Waals surface area contributed by atoms with Crippen molar-refractivity contribution in [2.75, 3.05) is 10.5 Å². The van der Waals surface area contributed by atoms with Gasteiger partial charge >= 0.3 is 0 Å². The van der Waals surface area contributed by atoms with Crippen LogP contribution in [0.15, 0.2) is 34.1 Å². The number of hydrogen-bond acceptors (Lipinski definition) is 7. The Kier molecular flexibility index (Phi) is 5.33. The topological polar surface area (TPSA) is 138 Å². The van der Waals surface area contributed by atoms with Crippen LogP contribution >= 0.6 is 11.6 Å². The van der Waals surface area contributed by atoms with Crippen LogP contribution in [0.25, 0.3) is 22.2 Å². The number of nitrogen functional groups attached to an aromatic ring is 1. The summed E-state index contributed by atoms with van der Waals surface area (Å²) in [7, 11) is -1.54. The lowest BCUT2D eigenvalue weighted by molar-refractivity contribution is 0.587. The Hall–Kier alpha value is -3.58. The van der Waals surface area contributed by atoms with Crippen LogP contribution in [0.4, 0.5) is 20.4 Å². The van der Waals surface area contributed by atoms with E-state index in [0.29, 0.717) is 5.39 Å². The van der Waals surface area contributed by atoms with Crippen LogP contribution in [0.1, 0.15) is 5.69 Å². The van der Waals surface area contributed by atoms with Crippen molar-refractivity contribution >= 4 is 44.3 Å². The Labute approximate surface area is 190 Å². The molecule has 14 heteroatoms. The summed E-state index contributed by atoms with van der Waals surface area (Å²) in [6, 6.07) is 2.96. The summed E-state index contributed by atoms with van der Waals surface area (Å²) in [6.45, 7) is 1.47. The van der Waals surface area contributed by atoms with Gasteiger partial charge in [-0.3, -0.25) is 18.8 Å². The first kappa shape index (κ1) is 22.6. The number of nitrogens with two attached hydrogens (primary N) is 1. The molecule has 172 valence electrons. The smallest absolute Gasteiger partial charge is 0.266 e. The minimum Gasteiger partial charge on any atom is -0.368 e. The highest BCUT2D eigenvalue weighted by molar-refractivity contribution is 7.92. The standard InChI is InChI=1S/C19H16ClF2N7O3S/c1-8-15(16(20)26-29(8)3)33(31,32)27-12-5-4-11(21)13(14(12)22)10-6-9-7-24-19(23)25-17(9)28(2)18(10)30/h4-7,27H,1-3H3,(H2,23,24,25). The molecule has 3 N–H and O–H groups in total. The third-order valence-electron chi connectivity index (χ3n) is 5.08. The summed E-state index contributed by atoms with van der Waals surface area (Å²) >= 11 is 5.93. The maximum Gasteiger partial charge on any atom is 0.266 e. The zero-order valence-electron chi connectivity index (χ0n) is 17.4. The number of aromatic nitrogens is 5. The number of pyridine rings is 1. The molecule has 0 fully saturated rings. The molecular formula is C19H16ClF2N7O3S. The minimum atomic E-state index is -4.39. The van der Waals surface area contributed by atoms with E-state index in [4.69, 9.17) is 17.3 Å². The van der Waals surface area contributed by atoms with Gasteiger partial charge in [0.05, 0.1) is 22.5 Å². The number of rotatable bonds is 4. The van der Waals surface area contributed by atoms with Gasteiger partial charge in [-0.05, 0) is 25.1 Å². The molecule has 0 atom stereocenters. The lowest BCUT2D eigenvalue weighted by Gasteiger charge is -2.14. The Morgan fingerprint density at radius 1 is 1.21 bits per heavy atom. The van der Waals surface area contributed by atoms with Gasteiger partial charge in [-0.15, -0.1) is 0 Å². The van der Waals surface area contributed by atoms with E-state index in [1.807, 2.05) is 0 Å². The fourth-order valence-corrected chi connectivity index (χ4v) is 5.25. The first-order valence-corrected chi connectivity index (χ1v) is 11.1. The van der Waals surface area contributed by atoms with E-state index < -0.39 is 38.5 Å². The Balaban J connectivity index is 1.89. The first-order chi connectivity index (χ1) is 15.4. The number of sulfonamides is 1. The highest BCUT2D eigenvalue weighted by Crippen LogP contribution is 2.32. The maximum absolute atomic E-state index is 15.4. The molecule has 33 heavy (non-hydrogen) atoms. The number of nitrogens with one attached hydrogen (secondary N) is 1. The van der Waals surface area contributed by atoms with E-state index in [2.05, 4.69) is 19.8 Å². The van der Waals surface area contributed by atoms with Gasteiger partial charge in [-0.25, -0.2) is 22.2 Å². The van der Waals surface area contributed by atoms with Gasteiger partial charge in [-0.2, -0.15) is 10.1 Å². The molecule has 0 bridgehead atoms. The van der Waals surface area contributed by atoms with Gasteiger partial charge in [0.15, 0.2) is 11.0 Å². The molecule has 0 spiro atoms. The van der Waals surface area contributed by atoms with Crippen molar-refractivity contribution in [2.24, 2.45) is 14.1 Å². The summed E-state index contributed by atoms with van der Waals surface area (Å²) in [5.74, 6) is -2.44. The summed E-state index contributed by atoms with van der Waals surface area (Å²) in [5.41, 5.74) is 3.49. The molecule has 3 heterocycles. The molecule has 0 aliphatic carbocycles. The van der Waals surface area contributed by atoms with E-state index in [-0.39, 0.29) is 32.9 Å². The van der Waals surface area contributed by atoms with Gasteiger partial charge in [-0.1, -0.05) is 11.6 Å². The quantitative estimate of drug-likeness (QED) is 0.443. The Morgan fingerprint density at radius 2 is 1.91 bits per heavy atom. The van der Waals surface area contributed by atoms with Crippen molar-refractivity contribution in [3.8, 4) is 11.1 Å². The zero-order valence-corrected chi connectivity index (χ0v) is 19.0. The molecule has 10 nitrogen and oxygen atoms in total. The molecule has 0 saturated heterocycles. The minimum absolute atomic E-state index is 0.0802. The predicted octanol–water partition coefficient (Wildman–Crippen LogP) is 2.35. The molecule has 4 rings (SSSR count). The van der Waals surface area contributed by atoms with E-state index in [1.165, 1.54) is 38.0 Å². The van der Waals surface area contributed by atoms with Crippen LogP contribution in [0, 0.1) is 18.6 Å². The highest BCUT2D eigenvalue weighted by Gasteiger charge is 2.28. The average molecular weight is 496 g/mol. The van der Waals surface area contributed by atoms with Crippen LogP contribution in [0.2, 0.25) is 5.15 Å². The molecule has 0 amide bonds. The third kappa shape index (κ3) is 3.68. The Morgan fingerprint density at radius 3 is 2.55 bits per heavy atom. The van der Waals surface area contributed by atoms with Gasteiger partial charge in [0.25, 0.3) is 15.6 Å². The van der Waals surface area contributed by atoms with Crippen LogP contribution in [0.3, 0.4) is 0 Å². The van der Waals surface area contributed by atoms with E-state index in [0.717, 1.165) is 16.7 Å². The number of benzene rings is 1. The molecule has 0 aliphatic rings. The zero-order chi connectivity index (χ0) is 24.2. The van der Waals surface area contributed by atoms with Crippen molar-refractivity contribution in [3.05, 3.63) is 57.2 Å². The van der Waals surface area contributed by atoms with Crippen molar-refractivity contribution in [1.82, 2.24) is 24.3 Å². The number of hydrogen-bond donors (Lipinski definition) is 2. The number of nitrogens with zero attached hydrogens (tertiary/aromatic N) is 5. The van der Waals surface area contributed by atoms with Crippen molar-refractivity contribution in [3.63, 3.8) is 0 Å². The number of anilines is 2. The largest absolute Gasteiger partial charge is 0.368 e. The predicted molar refractivity (Wildman–Crippen MR) is 118 cm³/mol. The normalized spacial score (nSPS) is 11.8. The van der Waals surface area contributed by atoms with E-state index >= 15 is 4.39 Å². The molecule has 3 aromatic heterocycles. The van der Waals surface area contributed by atoms with E-state index in [1.54, 1.807) is 0 Å². The van der Waals surface area contributed by atoms with Crippen LogP contribution < -0.4 is 16.0 Å². The molecule has 0 aliphatic heterocycles. The second-order valence-electron chi connectivity index (χ2n) is 7.15. The molecule has 0 unspecified atom stereocenters. The lowest BCUT2D eigenvalue weighted by atomic mass is 10.0. The fraction of sp³-hybridized carbons (Fsp3) is 0.158. The Bertz CT molecular complexity index is 1620. The molecule has 0 radical (unpaired) electrons. The summed E-state index contributed by atoms with van der Waals surface area (Å²) in [6.07, 6.45) is 1.30. The van der Waals surface area contributed by atoms with Gasteiger partial charge in [0.2, 0.25) is 5.95 Å². The maximum atomic E-state index is 15.4. The highest BCUT2D eigenvalue weighted by atomic mass is 35.5. The van der Waals surface area contributed by atoms with E-state index in [9.17, 15) is 17.6 Å². The monoisotopic (exact) mass is 495 g/mol. The average Bonchev–Trinajstić information content (AvgIpc) is 3.00. The summed E-state index contributed by atoms with van der Waals surface area (Å²) in [5, 5.41) is 3.80. The number of fused-ring (bicyclic) bond motifs is 1. The summed E-state index contributed by atoms with van der Waals surface area (Å²) in [4.78, 5) is 20.3.